The third-order valence-corrected chi connectivity index (χ3v) is 8.36. The van der Waals surface area contributed by atoms with E-state index in [4.69, 9.17) is 26.8 Å². The molecule has 43 heavy (non-hydrogen) atoms. The average Bonchev–Trinajstić information content (AvgIpc) is 2.94. The van der Waals surface area contributed by atoms with Gasteiger partial charge < -0.3 is 20.1 Å². The highest BCUT2D eigenvalue weighted by atomic mass is 35.5. The Labute approximate surface area is 257 Å². The van der Waals surface area contributed by atoms with E-state index >= 15 is 0 Å². The SMILES string of the molecule is CCCC(=O)OC(CN(CCc1ccc(S(=O)(=O)c2ccc(C(N)=O)cc2)cc1)C(=O)OC(C)(C)C)c1cccc(Cl)c1. The molecule has 2 amide bonds. The van der Waals surface area contributed by atoms with Crippen LogP contribution in [-0.2, 0) is 30.5 Å². The molecule has 0 saturated heterocycles. The molecule has 3 aromatic carbocycles. The van der Waals surface area contributed by atoms with Crippen LogP contribution in [0.3, 0.4) is 0 Å². The van der Waals surface area contributed by atoms with E-state index in [0.29, 0.717) is 23.4 Å². The molecule has 0 fully saturated rings. The Morgan fingerprint density at radius 1 is 0.953 bits per heavy atom. The minimum Gasteiger partial charge on any atom is -0.456 e. The van der Waals surface area contributed by atoms with Crippen LogP contribution in [0.15, 0.2) is 82.6 Å². The molecule has 2 N–H and O–H groups in total. The van der Waals surface area contributed by atoms with Gasteiger partial charge in [0.25, 0.3) is 0 Å². The molecule has 0 bridgehead atoms. The average molecular weight is 629 g/mol. The number of sulfone groups is 1. The molecule has 0 aliphatic rings. The van der Waals surface area contributed by atoms with Crippen LogP contribution < -0.4 is 5.73 Å². The highest BCUT2D eigenvalue weighted by molar-refractivity contribution is 7.91. The molecule has 230 valence electrons. The van der Waals surface area contributed by atoms with E-state index in [1.54, 1.807) is 57.2 Å². The highest BCUT2D eigenvalue weighted by Crippen LogP contribution is 2.25. The Kier molecular flexibility index (Phi) is 11.4. The van der Waals surface area contributed by atoms with Crippen LogP contribution in [0.4, 0.5) is 4.79 Å². The summed E-state index contributed by atoms with van der Waals surface area (Å²) >= 11 is 6.21. The Hall–Kier alpha value is -3.89. The molecule has 0 aliphatic carbocycles. The van der Waals surface area contributed by atoms with Gasteiger partial charge >= 0.3 is 12.1 Å². The van der Waals surface area contributed by atoms with E-state index in [2.05, 4.69) is 0 Å². The van der Waals surface area contributed by atoms with Gasteiger partial charge in [-0.25, -0.2) is 13.2 Å². The van der Waals surface area contributed by atoms with Crippen molar-refractivity contribution in [3.8, 4) is 0 Å². The molecule has 0 spiro atoms. The number of esters is 1. The molecule has 0 aliphatic heterocycles. The maximum atomic E-state index is 13.3. The van der Waals surface area contributed by atoms with Crippen molar-refractivity contribution >= 4 is 39.4 Å². The molecule has 0 heterocycles. The van der Waals surface area contributed by atoms with E-state index in [0.717, 1.165) is 5.56 Å². The normalized spacial score (nSPS) is 12.3. The number of rotatable bonds is 12. The molecule has 0 radical (unpaired) electrons. The number of primary amides is 1. The van der Waals surface area contributed by atoms with Gasteiger partial charge in [0.15, 0.2) is 0 Å². The lowest BCUT2D eigenvalue weighted by Crippen LogP contribution is -2.41. The summed E-state index contributed by atoms with van der Waals surface area (Å²) in [5.41, 5.74) is 6.12. The lowest BCUT2D eigenvalue weighted by Gasteiger charge is -2.30. The zero-order valence-electron chi connectivity index (χ0n) is 24.7. The van der Waals surface area contributed by atoms with Crippen LogP contribution in [-0.4, -0.2) is 50.0 Å². The summed E-state index contributed by atoms with van der Waals surface area (Å²) in [4.78, 5) is 38.6. The minimum absolute atomic E-state index is 0.0263. The maximum absolute atomic E-state index is 13.3. The van der Waals surface area contributed by atoms with Crippen LogP contribution in [0, 0.1) is 0 Å². The van der Waals surface area contributed by atoms with Crippen molar-refractivity contribution in [2.75, 3.05) is 13.1 Å². The molecule has 0 aromatic heterocycles. The van der Waals surface area contributed by atoms with Crippen molar-refractivity contribution in [2.24, 2.45) is 5.73 Å². The first-order valence-corrected chi connectivity index (χ1v) is 15.7. The third-order valence-electron chi connectivity index (χ3n) is 6.34. The second-order valence-corrected chi connectivity index (χ2v) is 13.4. The molecule has 1 unspecified atom stereocenters. The summed E-state index contributed by atoms with van der Waals surface area (Å²) < 4.78 is 37.6. The van der Waals surface area contributed by atoms with Crippen molar-refractivity contribution in [1.82, 2.24) is 4.90 Å². The lowest BCUT2D eigenvalue weighted by molar-refractivity contribution is -0.150. The van der Waals surface area contributed by atoms with E-state index in [9.17, 15) is 22.8 Å². The summed E-state index contributed by atoms with van der Waals surface area (Å²) in [7, 11) is -3.83. The third kappa shape index (κ3) is 9.83. The Morgan fingerprint density at radius 3 is 2.09 bits per heavy atom. The lowest BCUT2D eigenvalue weighted by atomic mass is 10.1. The van der Waals surface area contributed by atoms with Crippen LogP contribution in [0.25, 0.3) is 0 Å². The van der Waals surface area contributed by atoms with Crippen molar-refractivity contribution in [1.29, 1.82) is 0 Å². The zero-order chi connectivity index (χ0) is 31.8. The van der Waals surface area contributed by atoms with Gasteiger partial charge in [0.2, 0.25) is 15.7 Å². The number of carbonyl (C=O) groups is 3. The summed E-state index contributed by atoms with van der Waals surface area (Å²) in [6.07, 6.45) is -0.142. The van der Waals surface area contributed by atoms with Crippen LogP contribution in [0.1, 0.15) is 68.1 Å². The quantitative estimate of drug-likeness (QED) is 0.238. The number of hydrogen-bond donors (Lipinski definition) is 1. The number of halogens is 1. The molecule has 0 saturated carbocycles. The number of amides is 2. The molecule has 11 heteroatoms. The fourth-order valence-corrected chi connectivity index (χ4v) is 5.62. The largest absolute Gasteiger partial charge is 0.456 e. The van der Waals surface area contributed by atoms with Gasteiger partial charge in [-0.05, 0) is 93.3 Å². The molecular weight excluding hydrogens is 592 g/mol. The molecule has 1 atom stereocenters. The van der Waals surface area contributed by atoms with Gasteiger partial charge in [-0.2, -0.15) is 0 Å². The Balaban J connectivity index is 1.82. The van der Waals surface area contributed by atoms with Crippen molar-refractivity contribution < 1.29 is 32.3 Å². The standard InChI is InChI=1S/C32H37ClN2O7S/c1-5-7-29(36)41-28(24-8-6-9-25(33)20-24)21-35(31(38)42-32(2,3)4)19-18-22-10-14-26(15-11-22)43(39,40)27-16-12-23(13-17-27)30(34)37/h6,8-17,20,28H,5,7,18-19,21H2,1-4H3,(H2,34,37). The summed E-state index contributed by atoms with van der Waals surface area (Å²) in [5, 5.41) is 0.469. The predicted molar refractivity (Wildman–Crippen MR) is 164 cm³/mol. The first-order chi connectivity index (χ1) is 20.2. The smallest absolute Gasteiger partial charge is 0.410 e. The monoisotopic (exact) mass is 628 g/mol. The summed E-state index contributed by atoms with van der Waals surface area (Å²) in [6, 6.07) is 18.7. The van der Waals surface area contributed by atoms with Gasteiger partial charge in [-0.1, -0.05) is 42.8 Å². The molecule has 9 nitrogen and oxygen atoms in total. The topological polar surface area (TPSA) is 133 Å². The van der Waals surface area contributed by atoms with Crippen LogP contribution in [0.5, 0.6) is 0 Å². The van der Waals surface area contributed by atoms with Crippen molar-refractivity contribution in [2.45, 2.75) is 68.5 Å². The van der Waals surface area contributed by atoms with E-state index in [1.165, 1.54) is 41.3 Å². The Morgan fingerprint density at radius 2 is 1.56 bits per heavy atom. The maximum Gasteiger partial charge on any atom is 0.410 e. The van der Waals surface area contributed by atoms with Gasteiger partial charge in [-0.15, -0.1) is 0 Å². The predicted octanol–water partition coefficient (Wildman–Crippen LogP) is 6.14. The minimum atomic E-state index is -3.83. The van der Waals surface area contributed by atoms with E-state index in [-0.39, 0.29) is 34.9 Å². The fraction of sp³-hybridized carbons (Fsp3) is 0.344. The number of nitrogens with zero attached hydrogens (tertiary/aromatic N) is 1. The molecule has 3 aromatic rings. The van der Waals surface area contributed by atoms with E-state index < -0.39 is 39.5 Å². The second-order valence-electron chi connectivity index (χ2n) is 11.0. The first-order valence-electron chi connectivity index (χ1n) is 13.9. The van der Waals surface area contributed by atoms with Gasteiger partial charge in [-0.3, -0.25) is 9.59 Å². The summed E-state index contributed by atoms with van der Waals surface area (Å²) in [6.45, 7) is 7.40. The molecule has 3 rings (SSSR count). The number of carbonyl (C=O) groups excluding carboxylic acids is 3. The molecular formula is C32H37ClN2O7S. The van der Waals surface area contributed by atoms with Crippen molar-refractivity contribution in [3.05, 3.63) is 94.5 Å². The number of ether oxygens (including phenoxy) is 2. The van der Waals surface area contributed by atoms with Crippen molar-refractivity contribution in [3.63, 3.8) is 0 Å². The second kappa shape index (κ2) is 14.5. The van der Waals surface area contributed by atoms with Crippen LogP contribution in [0.2, 0.25) is 5.02 Å². The Bertz CT molecular complexity index is 1530. The fourth-order valence-electron chi connectivity index (χ4n) is 4.16. The van der Waals surface area contributed by atoms with Gasteiger partial charge in [0.1, 0.15) is 11.7 Å². The van der Waals surface area contributed by atoms with E-state index in [1.807, 2.05) is 6.92 Å². The van der Waals surface area contributed by atoms with Gasteiger partial charge in [0.05, 0.1) is 16.3 Å². The zero-order valence-corrected chi connectivity index (χ0v) is 26.3. The number of hydrogen-bond acceptors (Lipinski definition) is 7. The summed E-state index contributed by atoms with van der Waals surface area (Å²) in [5.74, 6) is -1.04. The highest BCUT2D eigenvalue weighted by Gasteiger charge is 2.27. The first kappa shape index (κ1) is 33.6. The van der Waals surface area contributed by atoms with Gasteiger partial charge in [0, 0.05) is 23.6 Å². The number of benzene rings is 3. The number of nitrogens with two attached hydrogens (primary N) is 1. The van der Waals surface area contributed by atoms with Crippen LogP contribution >= 0.6 is 11.6 Å².